The maximum absolute atomic E-state index is 11.9. The lowest BCUT2D eigenvalue weighted by Crippen LogP contribution is -2.13. The number of sulfonamides is 1. The number of imidazole rings is 1. The molecular weight excluding hydrogens is 328 g/mol. The molecular formula is C8H9BrN4O2S2. The molecule has 0 bridgehead atoms. The van der Waals surface area contributed by atoms with Crippen molar-refractivity contribution in [2.75, 3.05) is 4.72 Å². The zero-order valence-electron chi connectivity index (χ0n) is 8.77. The van der Waals surface area contributed by atoms with Gasteiger partial charge in [-0.1, -0.05) is 18.3 Å². The number of hydrogen-bond donors (Lipinski definition) is 2. The monoisotopic (exact) mass is 336 g/mol. The van der Waals surface area contributed by atoms with E-state index in [-0.39, 0.29) is 5.03 Å². The molecule has 0 saturated heterocycles. The van der Waals surface area contributed by atoms with E-state index in [1.54, 1.807) is 0 Å². The van der Waals surface area contributed by atoms with Gasteiger partial charge in [-0.05, 0) is 15.9 Å². The highest BCUT2D eigenvalue weighted by atomic mass is 79.9. The number of aromatic nitrogens is 3. The number of H-pyrrole nitrogens is 1. The number of nitrogens with one attached hydrogen (secondary N) is 2. The number of aryl methyl sites for hydroxylation is 1. The molecule has 0 fully saturated rings. The van der Waals surface area contributed by atoms with Gasteiger partial charge in [-0.2, -0.15) is 8.42 Å². The van der Waals surface area contributed by atoms with Crippen molar-refractivity contribution in [1.29, 1.82) is 0 Å². The van der Waals surface area contributed by atoms with Crippen molar-refractivity contribution in [3.05, 3.63) is 22.0 Å². The van der Waals surface area contributed by atoms with Crippen LogP contribution < -0.4 is 4.72 Å². The number of rotatable bonds is 4. The fourth-order valence-electron chi connectivity index (χ4n) is 1.13. The lowest BCUT2D eigenvalue weighted by atomic mass is 10.5. The highest BCUT2D eigenvalue weighted by Crippen LogP contribution is 2.25. The second-order valence-electron chi connectivity index (χ2n) is 3.12. The smallest absolute Gasteiger partial charge is 0.280 e. The summed E-state index contributed by atoms with van der Waals surface area (Å²) in [5.41, 5.74) is 0. The Hall–Kier alpha value is -0.930. The van der Waals surface area contributed by atoms with Crippen LogP contribution in [0.1, 0.15) is 12.7 Å². The van der Waals surface area contributed by atoms with Crippen LogP contribution in [-0.2, 0) is 16.4 Å². The van der Waals surface area contributed by atoms with E-state index in [0.29, 0.717) is 17.4 Å². The van der Waals surface area contributed by atoms with E-state index in [9.17, 15) is 8.42 Å². The number of thiazole rings is 1. The van der Waals surface area contributed by atoms with Crippen molar-refractivity contribution < 1.29 is 8.42 Å². The summed E-state index contributed by atoms with van der Waals surface area (Å²) in [6.45, 7) is 1.89. The third-order valence-corrected chi connectivity index (χ3v) is 4.70. The van der Waals surface area contributed by atoms with E-state index in [1.165, 1.54) is 23.7 Å². The van der Waals surface area contributed by atoms with E-state index in [0.717, 1.165) is 3.79 Å². The maximum atomic E-state index is 11.9. The summed E-state index contributed by atoms with van der Waals surface area (Å²) < 4.78 is 26.9. The van der Waals surface area contributed by atoms with E-state index in [2.05, 4.69) is 35.6 Å². The van der Waals surface area contributed by atoms with Gasteiger partial charge < -0.3 is 4.98 Å². The van der Waals surface area contributed by atoms with Crippen molar-refractivity contribution in [3.63, 3.8) is 0 Å². The van der Waals surface area contributed by atoms with Crippen molar-refractivity contribution in [3.8, 4) is 0 Å². The standard InChI is InChI=1S/C8H9BrN4O2S2/c1-2-6-10-4-7(12-6)17(14,15)13-8-11-3-5(9)16-8/h3-4H,2H2,1H3,(H,10,12)(H,11,13). The molecule has 0 aliphatic rings. The van der Waals surface area contributed by atoms with Crippen molar-refractivity contribution in [2.24, 2.45) is 0 Å². The third-order valence-electron chi connectivity index (χ3n) is 1.93. The number of nitrogens with zero attached hydrogens (tertiary/aromatic N) is 2. The first-order valence-electron chi connectivity index (χ1n) is 4.69. The Morgan fingerprint density at radius 3 is 2.76 bits per heavy atom. The van der Waals surface area contributed by atoms with Gasteiger partial charge in [0.2, 0.25) is 0 Å². The van der Waals surface area contributed by atoms with E-state index < -0.39 is 10.0 Å². The SMILES string of the molecule is CCc1ncc(S(=O)(=O)Nc2ncc(Br)s2)[nH]1. The summed E-state index contributed by atoms with van der Waals surface area (Å²) in [5.74, 6) is 0.630. The second kappa shape index (κ2) is 4.75. The minimum Gasteiger partial charge on any atom is -0.332 e. The molecule has 9 heteroatoms. The van der Waals surface area contributed by atoms with Gasteiger partial charge in [0.05, 0.1) is 16.2 Å². The first-order chi connectivity index (χ1) is 8.01. The zero-order chi connectivity index (χ0) is 12.5. The van der Waals surface area contributed by atoms with Crippen molar-refractivity contribution in [2.45, 2.75) is 18.4 Å². The predicted octanol–water partition coefficient (Wildman–Crippen LogP) is 1.99. The Morgan fingerprint density at radius 2 is 2.24 bits per heavy atom. The second-order valence-corrected chi connectivity index (χ2v) is 7.18. The molecule has 0 unspecified atom stereocenters. The zero-order valence-corrected chi connectivity index (χ0v) is 12.0. The van der Waals surface area contributed by atoms with Crippen LogP contribution in [0, 0.1) is 0 Å². The van der Waals surface area contributed by atoms with Crippen molar-refractivity contribution >= 4 is 42.4 Å². The number of aromatic amines is 1. The molecule has 2 heterocycles. The van der Waals surface area contributed by atoms with Crippen LogP contribution in [0.15, 0.2) is 21.2 Å². The molecule has 0 spiro atoms. The molecule has 2 aromatic heterocycles. The lowest BCUT2D eigenvalue weighted by molar-refractivity contribution is 0.598. The van der Waals surface area contributed by atoms with Crippen LogP contribution in [0.25, 0.3) is 0 Å². The van der Waals surface area contributed by atoms with Crippen LogP contribution in [0.4, 0.5) is 5.13 Å². The molecule has 2 N–H and O–H groups in total. The van der Waals surface area contributed by atoms with Crippen molar-refractivity contribution in [1.82, 2.24) is 15.0 Å². The van der Waals surface area contributed by atoms with Crippen LogP contribution in [0.2, 0.25) is 0 Å². The summed E-state index contributed by atoms with van der Waals surface area (Å²) in [5, 5.41) is 0.352. The molecule has 92 valence electrons. The molecule has 0 aliphatic carbocycles. The van der Waals surface area contributed by atoms with E-state index in [4.69, 9.17) is 0 Å². The van der Waals surface area contributed by atoms with Crippen LogP contribution in [-0.4, -0.2) is 23.4 Å². The molecule has 0 aromatic carbocycles. The molecule has 17 heavy (non-hydrogen) atoms. The summed E-state index contributed by atoms with van der Waals surface area (Å²) in [4.78, 5) is 10.6. The van der Waals surface area contributed by atoms with Gasteiger partial charge in [0.25, 0.3) is 10.0 Å². The topological polar surface area (TPSA) is 87.7 Å². The van der Waals surface area contributed by atoms with Crippen LogP contribution in [0.5, 0.6) is 0 Å². The Kier molecular flexibility index (Phi) is 3.50. The van der Waals surface area contributed by atoms with E-state index in [1.807, 2.05) is 6.92 Å². The summed E-state index contributed by atoms with van der Waals surface area (Å²) in [7, 11) is -3.63. The first-order valence-corrected chi connectivity index (χ1v) is 7.78. The molecule has 0 aliphatic heterocycles. The Labute approximate surface area is 111 Å². The van der Waals surface area contributed by atoms with Gasteiger partial charge >= 0.3 is 0 Å². The van der Waals surface area contributed by atoms with Crippen LogP contribution in [0.3, 0.4) is 0 Å². The molecule has 2 aromatic rings. The van der Waals surface area contributed by atoms with Gasteiger partial charge in [-0.3, -0.25) is 4.72 Å². The highest BCUT2D eigenvalue weighted by molar-refractivity contribution is 9.11. The number of halogens is 1. The molecule has 0 saturated carbocycles. The molecule has 0 atom stereocenters. The predicted molar refractivity (Wildman–Crippen MR) is 68.6 cm³/mol. The summed E-state index contributed by atoms with van der Waals surface area (Å²) in [6.07, 6.45) is 3.48. The van der Waals surface area contributed by atoms with Gasteiger partial charge in [0.15, 0.2) is 10.2 Å². The fourth-order valence-corrected chi connectivity index (χ4v) is 3.42. The normalized spacial score (nSPS) is 11.6. The third kappa shape index (κ3) is 2.85. The highest BCUT2D eigenvalue weighted by Gasteiger charge is 2.18. The largest absolute Gasteiger partial charge is 0.332 e. The van der Waals surface area contributed by atoms with Gasteiger partial charge in [-0.25, -0.2) is 9.97 Å². The average molecular weight is 337 g/mol. The number of anilines is 1. The Bertz CT molecular complexity index is 619. The quantitative estimate of drug-likeness (QED) is 0.893. The number of hydrogen-bond acceptors (Lipinski definition) is 5. The fraction of sp³-hybridized carbons (Fsp3) is 0.250. The van der Waals surface area contributed by atoms with Gasteiger partial charge in [0.1, 0.15) is 5.82 Å². The van der Waals surface area contributed by atoms with Gasteiger partial charge in [-0.15, -0.1) is 0 Å². The lowest BCUT2D eigenvalue weighted by Gasteiger charge is -2.01. The molecule has 0 radical (unpaired) electrons. The Balaban J connectivity index is 2.24. The summed E-state index contributed by atoms with van der Waals surface area (Å²) >= 11 is 4.42. The Morgan fingerprint density at radius 1 is 1.47 bits per heavy atom. The maximum Gasteiger partial charge on any atom is 0.280 e. The van der Waals surface area contributed by atoms with Crippen LogP contribution >= 0.6 is 27.3 Å². The average Bonchev–Trinajstić information content (AvgIpc) is 2.86. The van der Waals surface area contributed by atoms with E-state index >= 15 is 0 Å². The minimum atomic E-state index is -3.63. The van der Waals surface area contributed by atoms with Gasteiger partial charge in [0, 0.05) is 6.42 Å². The molecule has 2 rings (SSSR count). The molecule has 0 amide bonds. The summed E-state index contributed by atoms with van der Waals surface area (Å²) in [6, 6.07) is 0. The molecule has 6 nitrogen and oxygen atoms in total. The first kappa shape index (κ1) is 12.5. The minimum absolute atomic E-state index is 0.0423.